The zero-order valence-corrected chi connectivity index (χ0v) is 15.0. The normalized spacial score (nSPS) is 20.2. The van der Waals surface area contributed by atoms with Gasteiger partial charge in [-0.05, 0) is 61.2 Å². The van der Waals surface area contributed by atoms with Crippen LogP contribution in [0.15, 0.2) is 48.5 Å². The number of hydrogen-bond acceptors (Lipinski definition) is 3. The highest BCUT2D eigenvalue weighted by Gasteiger charge is 2.32. The summed E-state index contributed by atoms with van der Waals surface area (Å²) in [5.41, 5.74) is -0.401. The lowest BCUT2D eigenvalue weighted by molar-refractivity contribution is -0.130. The third-order valence-corrected chi connectivity index (χ3v) is 4.84. The summed E-state index contributed by atoms with van der Waals surface area (Å²) in [5, 5.41) is 10.8. The number of benzene rings is 2. The second-order valence-corrected chi connectivity index (χ2v) is 7.01. The SMILES string of the molecule is O=C(Cc1cccc(F)c1)N1CCCC(O)(COc2ccc(F)cc2)CC1. The van der Waals surface area contributed by atoms with Crippen molar-refractivity contribution >= 4 is 5.91 Å². The van der Waals surface area contributed by atoms with E-state index in [-0.39, 0.29) is 30.6 Å². The lowest BCUT2D eigenvalue weighted by Gasteiger charge is -2.27. The number of carbonyl (C=O) groups is 1. The molecule has 2 aromatic carbocycles. The van der Waals surface area contributed by atoms with Gasteiger partial charge in [-0.2, -0.15) is 0 Å². The van der Waals surface area contributed by atoms with Gasteiger partial charge < -0.3 is 14.7 Å². The maximum atomic E-state index is 13.3. The fourth-order valence-electron chi connectivity index (χ4n) is 3.25. The summed E-state index contributed by atoms with van der Waals surface area (Å²) in [6.07, 6.45) is 1.70. The van der Waals surface area contributed by atoms with Crippen LogP contribution >= 0.6 is 0 Å². The molecular formula is C21H23F2NO3. The molecule has 0 aromatic heterocycles. The van der Waals surface area contributed by atoms with Crippen LogP contribution in [0.4, 0.5) is 8.78 Å². The minimum Gasteiger partial charge on any atom is -0.491 e. The lowest BCUT2D eigenvalue weighted by atomic mass is 9.96. The van der Waals surface area contributed by atoms with Crippen LogP contribution in [0.3, 0.4) is 0 Å². The molecule has 144 valence electrons. The van der Waals surface area contributed by atoms with Gasteiger partial charge in [0.25, 0.3) is 0 Å². The van der Waals surface area contributed by atoms with E-state index in [4.69, 9.17) is 4.74 Å². The van der Waals surface area contributed by atoms with Crippen LogP contribution in [0.2, 0.25) is 0 Å². The summed E-state index contributed by atoms with van der Waals surface area (Å²) in [6.45, 7) is 1.05. The van der Waals surface area contributed by atoms with Crippen molar-refractivity contribution in [3.8, 4) is 5.75 Å². The van der Waals surface area contributed by atoms with Crippen molar-refractivity contribution in [2.24, 2.45) is 0 Å². The van der Waals surface area contributed by atoms with Gasteiger partial charge in [0.1, 0.15) is 29.6 Å². The van der Waals surface area contributed by atoms with Gasteiger partial charge in [0.15, 0.2) is 0 Å². The molecule has 0 spiro atoms. The molecule has 0 aliphatic carbocycles. The molecule has 2 aromatic rings. The van der Waals surface area contributed by atoms with Gasteiger partial charge in [0, 0.05) is 13.1 Å². The van der Waals surface area contributed by atoms with E-state index >= 15 is 0 Å². The van der Waals surface area contributed by atoms with Crippen LogP contribution in [0, 0.1) is 11.6 Å². The highest BCUT2D eigenvalue weighted by Crippen LogP contribution is 2.24. The van der Waals surface area contributed by atoms with E-state index in [1.54, 1.807) is 17.0 Å². The van der Waals surface area contributed by atoms with Crippen molar-refractivity contribution in [1.29, 1.82) is 0 Å². The Morgan fingerprint density at radius 2 is 1.85 bits per heavy atom. The number of likely N-dealkylation sites (tertiary alicyclic amines) is 1. The first kappa shape index (κ1) is 19.3. The lowest BCUT2D eigenvalue weighted by Crippen LogP contribution is -2.38. The average molecular weight is 375 g/mol. The Balaban J connectivity index is 1.54. The van der Waals surface area contributed by atoms with E-state index in [9.17, 15) is 18.7 Å². The Morgan fingerprint density at radius 1 is 1.07 bits per heavy atom. The molecule has 6 heteroatoms. The molecule has 4 nitrogen and oxygen atoms in total. The van der Waals surface area contributed by atoms with Crippen LogP contribution in [0.25, 0.3) is 0 Å². The van der Waals surface area contributed by atoms with Gasteiger partial charge in [-0.1, -0.05) is 12.1 Å². The van der Waals surface area contributed by atoms with Crippen molar-refractivity contribution in [2.45, 2.75) is 31.3 Å². The first-order valence-corrected chi connectivity index (χ1v) is 9.07. The van der Waals surface area contributed by atoms with E-state index in [1.807, 2.05) is 0 Å². The minimum atomic E-state index is -1.04. The predicted molar refractivity (Wildman–Crippen MR) is 97.4 cm³/mol. The number of nitrogens with zero attached hydrogens (tertiary/aromatic N) is 1. The number of carbonyl (C=O) groups excluding carboxylic acids is 1. The molecular weight excluding hydrogens is 352 g/mol. The Labute approximate surface area is 157 Å². The van der Waals surface area contributed by atoms with E-state index in [0.717, 1.165) is 0 Å². The summed E-state index contributed by atoms with van der Waals surface area (Å²) in [4.78, 5) is 14.2. The highest BCUT2D eigenvalue weighted by molar-refractivity contribution is 5.78. The van der Waals surface area contributed by atoms with Crippen LogP contribution in [0.1, 0.15) is 24.8 Å². The van der Waals surface area contributed by atoms with Gasteiger partial charge in [-0.15, -0.1) is 0 Å². The van der Waals surface area contributed by atoms with Crippen LogP contribution in [0.5, 0.6) is 5.75 Å². The van der Waals surface area contributed by atoms with Crippen molar-refractivity contribution in [3.63, 3.8) is 0 Å². The molecule has 0 bridgehead atoms. The molecule has 1 saturated heterocycles. The smallest absolute Gasteiger partial charge is 0.226 e. The Morgan fingerprint density at radius 3 is 2.59 bits per heavy atom. The molecule has 1 atom stereocenters. The molecule has 27 heavy (non-hydrogen) atoms. The Hall–Kier alpha value is -2.47. The predicted octanol–water partition coefficient (Wildman–Crippen LogP) is 3.33. The molecule has 0 radical (unpaired) electrons. The third kappa shape index (κ3) is 5.50. The molecule has 1 fully saturated rings. The number of hydrogen-bond donors (Lipinski definition) is 1. The van der Waals surface area contributed by atoms with E-state index in [0.29, 0.717) is 43.7 Å². The van der Waals surface area contributed by atoms with E-state index < -0.39 is 5.60 Å². The minimum absolute atomic E-state index is 0.0793. The first-order valence-electron chi connectivity index (χ1n) is 9.07. The first-order chi connectivity index (χ1) is 12.9. The van der Waals surface area contributed by atoms with Crippen LogP contribution in [-0.4, -0.2) is 41.2 Å². The van der Waals surface area contributed by atoms with Gasteiger partial charge in [-0.3, -0.25) is 4.79 Å². The topological polar surface area (TPSA) is 49.8 Å². The molecule has 0 saturated carbocycles. The molecule has 1 N–H and O–H groups in total. The van der Waals surface area contributed by atoms with Crippen molar-refractivity contribution in [3.05, 3.63) is 65.7 Å². The molecule has 1 unspecified atom stereocenters. The molecule has 1 amide bonds. The molecule has 3 rings (SSSR count). The average Bonchev–Trinajstić information content (AvgIpc) is 2.84. The second-order valence-electron chi connectivity index (χ2n) is 7.01. The quantitative estimate of drug-likeness (QED) is 0.872. The van der Waals surface area contributed by atoms with Gasteiger partial charge in [-0.25, -0.2) is 8.78 Å². The highest BCUT2D eigenvalue weighted by atomic mass is 19.1. The number of rotatable bonds is 5. The summed E-state index contributed by atoms with van der Waals surface area (Å²) in [5.74, 6) is -0.288. The largest absolute Gasteiger partial charge is 0.491 e. The zero-order chi connectivity index (χ0) is 19.3. The zero-order valence-electron chi connectivity index (χ0n) is 15.0. The maximum absolute atomic E-state index is 13.3. The fraction of sp³-hybridized carbons (Fsp3) is 0.381. The second kappa shape index (κ2) is 8.48. The molecule has 1 heterocycles. The number of aliphatic hydroxyl groups is 1. The van der Waals surface area contributed by atoms with Crippen molar-refractivity contribution in [1.82, 2.24) is 4.90 Å². The monoisotopic (exact) mass is 375 g/mol. The van der Waals surface area contributed by atoms with E-state index in [1.165, 1.54) is 36.4 Å². The van der Waals surface area contributed by atoms with Crippen molar-refractivity contribution in [2.75, 3.05) is 19.7 Å². The van der Waals surface area contributed by atoms with Crippen LogP contribution in [-0.2, 0) is 11.2 Å². The fourth-order valence-corrected chi connectivity index (χ4v) is 3.25. The Bertz CT molecular complexity index is 781. The van der Waals surface area contributed by atoms with Gasteiger partial charge in [0.2, 0.25) is 5.91 Å². The summed E-state index contributed by atoms with van der Waals surface area (Å²) >= 11 is 0. The summed E-state index contributed by atoms with van der Waals surface area (Å²) < 4.78 is 31.8. The number of ether oxygens (including phenoxy) is 1. The number of amides is 1. The Kier molecular flexibility index (Phi) is 6.06. The van der Waals surface area contributed by atoms with Crippen LogP contribution < -0.4 is 4.74 Å². The van der Waals surface area contributed by atoms with E-state index in [2.05, 4.69) is 0 Å². The summed E-state index contributed by atoms with van der Waals surface area (Å²) in [6, 6.07) is 11.7. The van der Waals surface area contributed by atoms with Gasteiger partial charge in [0.05, 0.1) is 6.42 Å². The molecule has 1 aliphatic heterocycles. The standard InChI is InChI=1S/C21H23F2NO3/c22-17-5-7-19(8-6-17)27-15-21(26)9-2-11-24(12-10-21)20(25)14-16-3-1-4-18(23)13-16/h1,3-8,13,26H,2,9-12,14-15H2. The van der Waals surface area contributed by atoms with Gasteiger partial charge >= 0.3 is 0 Å². The maximum Gasteiger partial charge on any atom is 0.226 e. The van der Waals surface area contributed by atoms with Crippen molar-refractivity contribution < 1.29 is 23.4 Å². The number of halogens is 2. The molecule has 1 aliphatic rings. The summed E-state index contributed by atoms with van der Waals surface area (Å²) in [7, 11) is 0. The third-order valence-electron chi connectivity index (χ3n) is 4.84.